The second-order valence-corrected chi connectivity index (χ2v) is 4.54. The average molecular weight is 243 g/mol. The van der Waals surface area contributed by atoms with Gasteiger partial charge in [-0.3, -0.25) is 5.32 Å². The Kier molecular flexibility index (Phi) is 4.70. The van der Waals surface area contributed by atoms with E-state index in [0.29, 0.717) is 5.92 Å². The molecule has 1 aliphatic carbocycles. The van der Waals surface area contributed by atoms with Crippen LogP contribution in [0.15, 0.2) is 54.6 Å². The lowest BCUT2D eigenvalue weighted by Gasteiger charge is -2.28. The first-order valence-corrected chi connectivity index (χ1v) is 6.38. The summed E-state index contributed by atoms with van der Waals surface area (Å²) >= 11 is 0. The molecule has 0 aliphatic heterocycles. The average Bonchev–Trinajstić information content (AvgIpc) is 2.46. The number of allylic oxidation sites excluding steroid dienone is 3. The predicted molar refractivity (Wildman–Crippen MR) is 75.7 cm³/mol. The van der Waals surface area contributed by atoms with Gasteiger partial charge in [0.05, 0.1) is 12.3 Å². The smallest absolute Gasteiger partial charge is 0.0845 e. The maximum atomic E-state index is 6.23. The van der Waals surface area contributed by atoms with Gasteiger partial charge in [-0.25, -0.2) is 0 Å². The molecule has 0 aromatic heterocycles. The largest absolute Gasteiger partial charge is 0.315 e. The third kappa shape index (κ3) is 3.29. The van der Waals surface area contributed by atoms with E-state index >= 15 is 0 Å². The molecule has 0 radical (unpaired) electrons. The molecule has 0 fully saturated rings. The van der Waals surface area contributed by atoms with Crippen molar-refractivity contribution in [3.05, 3.63) is 60.2 Å². The Balaban J connectivity index is 1.98. The summed E-state index contributed by atoms with van der Waals surface area (Å²) < 4.78 is 0. The van der Waals surface area contributed by atoms with Crippen LogP contribution < -0.4 is 16.4 Å². The van der Waals surface area contributed by atoms with Crippen LogP contribution in [0.2, 0.25) is 0 Å². The maximum absolute atomic E-state index is 6.23. The van der Waals surface area contributed by atoms with Gasteiger partial charge < -0.3 is 11.1 Å². The molecule has 1 aliphatic rings. The zero-order valence-corrected chi connectivity index (χ0v) is 10.7. The summed E-state index contributed by atoms with van der Waals surface area (Å²) in [6.45, 7) is 0. The van der Waals surface area contributed by atoms with E-state index in [1.807, 2.05) is 25.2 Å². The van der Waals surface area contributed by atoms with Crippen LogP contribution in [0.5, 0.6) is 0 Å². The van der Waals surface area contributed by atoms with E-state index in [0.717, 1.165) is 6.42 Å². The topological polar surface area (TPSA) is 50.1 Å². The van der Waals surface area contributed by atoms with Crippen molar-refractivity contribution >= 4 is 0 Å². The third-order valence-electron chi connectivity index (χ3n) is 3.26. The minimum absolute atomic E-state index is 0.0520. The molecule has 18 heavy (non-hydrogen) atoms. The normalized spacial score (nSPS) is 21.8. The van der Waals surface area contributed by atoms with E-state index in [-0.39, 0.29) is 12.3 Å². The minimum atomic E-state index is -0.0520. The summed E-state index contributed by atoms with van der Waals surface area (Å²) in [6, 6.07) is 10.3. The number of benzene rings is 1. The highest BCUT2D eigenvalue weighted by atomic mass is 15.2. The molecule has 3 heteroatoms. The van der Waals surface area contributed by atoms with E-state index < -0.39 is 0 Å². The Morgan fingerprint density at radius 2 is 2.00 bits per heavy atom. The van der Waals surface area contributed by atoms with Crippen LogP contribution in [0.3, 0.4) is 0 Å². The van der Waals surface area contributed by atoms with Crippen LogP contribution in [0.4, 0.5) is 0 Å². The van der Waals surface area contributed by atoms with Gasteiger partial charge in [0.2, 0.25) is 0 Å². The fourth-order valence-corrected chi connectivity index (χ4v) is 2.17. The van der Waals surface area contributed by atoms with Gasteiger partial charge in [0, 0.05) is 5.92 Å². The molecule has 0 saturated carbocycles. The van der Waals surface area contributed by atoms with Crippen molar-refractivity contribution < 1.29 is 0 Å². The molecular formula is C15H21N3. The molecule has 0 heterocycles. The van der Waals surface area contributed by atoms with Gasteiger partial charge in [0.15, 0.2) is 0 Å². The minimum Gasteiger partial charge on any atom is -0.315 e. The second kappa shape index (κ2) is 6.50. The lowest BCUT2D eigenvalue weighted by atomic mass is 9.97. The molecule has 1 aromatic carbocycles. The Bertz CT molecular complexity index is 411. The first-order chi connectivity index (χ1) is 8.81. The molecule has 3 nitrogen and oxygen atoms in total. The Morgan fingerprint density at radius 1 is 1.22 bits per heavy atom. The fraction of sp³-hybridized carbons (Fsp3) is 0.333. The van der Waals surface area contributed by atoms with Crippen LogP contribution in [0.25, 0.3) is 0 Å². The molecule has 1 aromatic rings. The number of hydrogen-bond acceptors (Lipinski definition) is 3. The van der Waals surface area contributed by atoms with Gasteiger partial charge in [0.25, 0.3) is 0 Å². The molecule has 0 saturated heterocycles. The Labute approximate surface area is 109 Å². The molecule has 0 spiro atoms. The summed E-state index contributed by atoms with van der Waals surface area (Å²) in [4.78, 5) is 0. The predicted octanol–water partition coefficient (Wildman–Crippen LogP) is 1.91. The number of hydrogen-bond donors (Lipinski definition) is 3. The summed E-state index contributed by atoms with van der Waals surface area (Å²) in [6.07, 6.45) is 9.47. The molecular weight excluding hydrogens is 222 g/mol. The van der Waals surface area contributed by atoms with Crippen LogP contribution in [-0.2, 0) is 0 Å². The molecule has 3 atom stereocenters. The highest BCUT2D eigenvalue weighted by Gasteiger charge is 2.18. The quantitative estimate of drug-likeness (QED) is 0.692. The molecule has 4 N–H and O–H groups in total. The van der Waals surface area contributed by atoms with Crippen LogP contribution in [-0.4, -0.2) is 13.2 Å². The van der Waals surface area contributed by atoms with Crippen molar-refractivity contribution in [2.45, 2.75) is 18.8 Å². The number of nitrogens with one attached hydrogen (secondary N) is 2. The lowest BCUT2D eigenvalue weighted by Crippen LogP contribution is -2.48. The first kappa shape index (κ1) is 13.0. The van der Waals surface area contributed by atoms with E-state index in [2.05, 4.69) is 47.1 Å². The summed E-state index contributed by atoms with van der Waals surface area (Å²) in [5.41, 5.74) is 7.43. The Hall–Kier alpha value is -1.42. The lowest BCUT2D eigenvalue weighted by molar-refractivity contribution is 0.344. The Morgan fingerprint density at radius 3 is 2.61 bits per heavy atom. The van der Waals surface area contributed by atoms with Crippen molar-refractivity contribution in [1.29, 1.82) is 0 Å². The summed E-state index contributed by atoms with van der Waals surface area (Å²) in [5.74, 6) is 0.356. The van der Waals surface area contributed by atoms with Crippen molar-refractivity contribution in [3.8, 4) is 0 Å². The first-order valence-electron chi connectivity index (χ1n) is 6.38. The van der Waals surface area contributed by atoms with Gasteiger partial charge >= 0.3 is 0 Å². The zero-order chi connectivity index (χ0) is 12.8. The van der Waals surface area contributed by atoms with E-state index in [1.165, 1.54) is 5.56 Å². The van der Waals surface area contributed by atoms with Crippen LogP contribution >= 0.6 is 0 Å². The van der Waals surface area contributed by atoms with Gasteiger partial charge in [-0.2, -0.15) is 0 Å². The van der Waals surface area contributed by atoms with Gasteiger partial charge in [-0.15, -0.1) is 0 Å². The monoisotopic (exact) mass is 243 g/mol. The highest BCUT2D eigenvalue weighted by molar-refractivity contribution is 5.19. The maximum Gasteiger partial charge on any atom is 0.0845 e. The van der Waals surface area contributed by atoms with Crippen molar-refractivity contribution in [2.75, 3.05) is 7.05 Å². The third-order valence-corrected chi connectivity index (χ3v) is 3.26. The van der Waals surface area contributed by atoms with E-state index in [1.54, 1.807) is 0 Å². The van der Waals surface area contributed by atoms with Crippen molar-refractivity contribution in [3.63, 3.8) is 0 Å². The summed E-state index contributed by atoms with van der Waals surface area (Å²) in [7, 11) is 1.94. The molecule has 3 unspecified atom stereocenters. The van der Waals surface area contributed by atoms with Crippen molar-refractivity contribution in [1.82, 2.24) is 10.6 Å². The van der Waals surface area contributed by atoms with E-state index in [4.69, 9.17) is 5.73 Å². The van der Waals surface area contributed by atoms with Gasteiger partial charge in [-0.1, -0.05) is 54.6 Å². The number of nitrogens with two attached hydrogens (primary N) is 1. The van der Waals surface area contributed by atoms with Crippen molar-refractivity contribution in [2.24, 2.45) is 11.7 Å². The number of rotatable bonds is 5. The van der Waals surface area contributed by atoms with Crippen LogP contribution in [0, 0.1) is 5.92 Å². The van der Waals surface area contributed by atoms with Crippen LogP contribution in [0.1, 0.15) is 18.2 Å². The summed E-state index contributed by atoms with van der Waals surface area (Å²) in [5, 5.41) is 6.69. The second-order valence-electron chi connectivity index (χ2n) is 4.54. The SMILES string of the molecule is CNC(NC(N)C1C=CC=CC1)c1ccccc1. The van der Waals surface area contributed by atoms with E-state index in [9.17, 15) is 0 Å². The van der Waals surface area contributed by atoms with Gasteiger partial charge in [0.1, 0.15) is 0 Å². The van der Waals surface area contributed by atoms with Gasteiger partial charge in [-0.05, 0) is 19.0 Å². The highest BCUT2D eigenvalue weighted by Crippen LogP contribution is 2.16. The molecule has 96 valence electrons. The fourth-order valence-electron chi connectivity index (χ4n) is 2.17. The standard InChI is InChI=1S/C15H21N3/c1-17-15(13-10-6-3-7-11-13)18-14(16)12-8-4-2-5-9-12/h2-8,10-12,14-15,17-18H,9,16H2,1H3. The molecule has 0 bridgehead atoms. The molecule has 0 amide bonds. The molecule has 2 rings (SSSR count). The zero-order valence-electron chi connectivity index (χ0n) is 10.7.